The number of carbonyl (C=O) groups is 1. The van der Waals surface area contributed by atoms with Crippen LogP contribution < -0.4 is 10.6 Å². The van der Waals surface area contributed by atoms with Crippen LogP contribution in [0.2, 0.25) is 0 Å². The summed E-state index contributed by atoms with van der Waals surface area (Å²) in [6.45, 7) is 4.30. The molecule has 2 rings (SSSR count). The van der Waals surface area contributed by atoms with Gasteiger partial charge >= 0.3 is 0 Å². The van der Waals surface area contributed by atoms with Crippen molar-refractivity contribution in [3.63, 3.8) is 0 Å². The number of nitrogens with two attached hydrogens (primary N) is 1. The van der Waals surface area contributed by atoms with Crippen molar-refractivity contribution in [2.24, 2.45) is 0 Å². The average molecular weight is 248 g/mol. The number of ether oxygens (including phenoxy) is 1. The number of anilines is 2. The number of aryl methyl sites for hydroxylation is 1. The quantitative estimate of drug-likeness (QED) is 0.814. The number of nitrogens with zero attached hydrogens (tertiary/aromatic N) is 1. The highest BCUT2D eigenvalue weighted by atomic mass is 16.5. The standard InChI is InChI=1S/C14H20N2O2/c1-14(2,18-3)13(17)16-8-4-5-10-6-7-11(15)9-12(10)16/h6-7,9H,4-5,8,15H2,1-3H3. The van der Waals surface area contributed by atoms with E-state index in [0.29, 0.717) is 5.69 Å². The predicted octanol–water partition coefficient (Wildman–Crippen LogP) is 1.97. The molecule has 98 valence electrons. The third-order valence-corrected chi connectivity index (χ3v) is 3.50. The monoisotopic (exact) mass is 248 g/mol. The summed E-state index contributed by atoms with van der Waals surface area (Å²) < 4.78 is 5.28. The van der Waals surface area contributed by atoms with Crippen molar-refractivity contribution in [2.45, 2.75) is 32.3 Å². The second kappa shape index (κ2) is 4.61. The molecule has 0 aromatic heterocycles. The van der Waals surface area contributed by atoms with Gasteiger partial charge in [-0.3, -0.25) is 4.79 Å². The molecule has 2 N–H and O–H groups in total. The van der Waals surface area contributed by atoms with E-state index in [1.54, 1.807) is 25.9 Å². The first-order chi connectivity index (χ1) is 8.45. The molecule has 0 fully saturated rings. The fraction of sp³-hybridized carbons (Fsp3) is 0.500. The molecule has 0 atom stereocenters. The van der Waals surface area contributed by atoms with Gasteiger partial charge in [0.05, 0.1) is 0 Å². The highest BCUT2D eigenvalue weighted by molar-refractivity contribution is 6.00. The Morgan fingerprint density at radius 1 is 1.44 bits per heavy atom. The van der Waals surface area contributed by atoms with Crippen molar-refractivity contribution in [1.82, 2.24) is 0 Å². The van der Waals surface area contributed by atoms with Crippen LogP contribution in [0, 0.1) is 0 Å². The van der Waals surface area contributed by atoms with Gasteiger partial charge in [0.25, 0.3) is 5.91 Å². The molecule has 0 saturated heterocycles. The van der Waals surface area contributed by atoms with Crippen LogP contribution in [0.1, 0.15) is 25.8 Å². The smallest absolute Gasteiger partial charge is 0.258 e. The van der Waals surface area contributed by atoms with Gasteiger partial charge in [0.2, 0.25) is 0 Å². The van der Waals surface area contributed by atoms with Crippen molar-refractivity contribution < 1.29 is 9.53 Å². The lowest BCUT2D eigenvalue weighted by molar-refractivity contribution is -0.136. The summed E-state index contributed by atoms with van der Waals surface area (Å²) in [5.74, 6) is -0.0171. The van der Waals surface area contributed by atoms with E-state index in [0.717, 1.165) is 25.1 Å². The number of rotatable bonds is 2. The van der Waals surface area contributed by atoms with Crippen LogP contribution in [0.5, 0.6) is 0 Å². The molecular formula is C14H20N2O2. The van der Waals surface area contributed by atoms with Crippen LogP contribution in [-0.4, -0.2) is 25.2 Å². The maximum Gasteiger partial charge on any atom is 0.258 e. The molecular weight excluding hydrogens is 228 g/mol. The van der Waals surface area contributed by atoms with Gasteiger partial charge in [0, 0.05) is 25.0 Å². The van der Waals surface area contributed by atoms with Gasteiger partial charge in [-0.2, -0.15) is 0 Å². The normalized spacial score (nSPS) is 15.4. The van der Waals surface area contributed by atoms with Crippen molar-refractivity contribution >= 4 is 17.3 Å². The van der Waals surface area contributed by atoms with Crippen molar-refractivity contribution in [1.29, 1.82) is 0 Å². The Balaban J connectivity index is 2.38. The Morgan fingerprint density at radius 3 is 2.83 bits per heavy atom. The van der Waals surface area contributed by atoms with Gasteiger partial charge in [-0.25, -0.2) is 0 Å². The van der Waals surface area contributed by atoms with Gasteiger partial charge < -0.3 is 15.4 Å². The van der Waals surface area contributed by atoms with Crippen molar-refractivity contribution in [2.75, 3.05) is 24.3 Å². The molecule has 1 aliphatic rings. The first-order valence-electron chi connectivity index (χ1n) is 6.21. The Morgan fingerprint density at radius 2 is 2.17 bits per heavy atom. The van der Waals surface area contributed by atoms with E-state index in [-0.39, 0.29) is 5.91 Å². The lowest BCUT2D eigenvalue weighted by atomic mass is 9.98. The molecule has 0 spiro atoms. The Labute approximate surface area is 108 Å². The first kappa shape index (κ1) is 12.9. The second-order valence-electron chi connectivity index (χ2n) is 5.16. The molecule has 0 bridgehead atoms. The molecule has 1 aliphatic heterocycles. The number of hydrogen-bond acceptors (Lipinski definition) is 3. The molecule has 0 unspecified atom stereocenters. The van der Waals surface area contributed by atoms with E-state index in [1.807, 2.05) is 18.2 Å². The number of benzene rings is 1. The third kappa shape index (κ3) is 2.20. The molecule has 18 heavy (non-hydrogen) atoms. The van der Waals surface area contributed by atoms with Crippen LogP contribution >= 0.6 is 0 Å². The molecule has 1 heterocycles. The molecule has 1 aromatic carbocycles. The average Bonchev–Trinajstić information content (AvgIpc) is 2.37. The minimum Gasteiger partial charge on any atom is -0.399 e. The van der Waals surface area contributed by atoms with E-state index in [4.69, 9.17) is 10.5 Å². The van der Waals surface area contributed by atoms with Crippen molar-refractivity contribution in [3.05, 3.63) is 23.8 Å². The maximum absolute atomic E-state index is 12.5. The number of fused-ring (bicyclic) bond motifs is 1. The zero-order valence-corrected chi connectivity index (χ0v) is 11.2. The first-order valence-corrected chi connectivity index (χ1v) is 6.21. The van der Waals surface area contributed by atoms with Crippen LogP contribution in [0.25, 0.3) is 0 Å². The maximum atomic E-state index is 12.5. The van der Waals surface area contributed by atoms with Crippen LogP contribution in [0.4, 0.5) is 11.4 Å². The van der Waals surface area contributed by atoms with E-state index >= 15 is 0 Å². The second-order valence-corrected chi connectivity index (χ2v) is 5.16. The van der Waals surface area contributed by atoms with Gasteiger partial charge in [0.1, 0.15) is 5.60 Å². The molecule has 0 radical (unpaired) electrons. The van der Waals surface area contributed by atoms with Crippen molar-refractivity contribution in [3.8, 4) is 0 Å². The van der Waals surface area contributed by atoms with Crippen LogP contribution in [-0.2, 0) is 16.0 Å². The number of methoxy groups -OCH3 is 1. The fourth-order valence-corrected chi connectivity index (χ4v) is 2.21. The van der Waals surface area contributed by atoms with Gasteiger partial charge in [0.15, 0.2) is 0 Å². The summed E-state index contributed by atoms with van der Waals surface area (Å²) in [7, 11) is 1.56. The van der Waals surface area contributed by atoms with E-state index in [2.05, 4.69) is 0 Å². The fourth-order valence-electron chi connectivity index (χ4n) is 2.21. The summed E-state index contributed by atoms with van der Waals surface area (Å²) >= 11 is 0. The van der Waals surface area contributed by atoms with E-state index in [1.165, 1.54) is 5.56 Å². The van der Waals surface area contributed by atoms with Gasteiger partial charge in [-0.15, -0.1) is 0 Å². The summed E-state index contributed by atoms with van der Waals surface area (Å²) in [6.07, 6.45) is 1.97. The largest absolute Gasteiger partial charge is 0.399 e. The van der Waals surface area contributed by atoms with Gasteiger partial charge in [-0.05, 0) is 44.4 Å². The number of amides is 1. The molecule has 4 heteroatoms. The zero-order chi connectivity index (χ0) is 13.3. The number of carbonyl (C=O) groups excluding carboxylic acids is 1. The highest BCUT2D eigenvalue weighted by Crippen LogP contribution is 2.31. The Kier molecular flexibility index (Phi) is 3.30. The number of hydrogen-bond donors (Lipinski definition) is 1. The van der Waals surface area contributed by atoms with Crippen LogP contribution in [0.3, 0.4) is 0 Å². The lowest BCUT2D eigenvalue weighted by Gasteiger charge is -2.35. The van der Waals surface area contributed by atoms with Gasteiger partial charge in [-0.1, -0.05) is 6.07 Å². The summed E-state index contributed by atoms with van der Waals surface area (Å²) in [5.41, 5.74) is 7.80. The Bertz CT molecular complexity index is 469. The summed E-state index contributed by atoms with van der Waals surface area (Å²) in [4.78, 5) is 14.3. The van der Waals surface area contributed by atoms with E-state index in [9.17, 15) is 4.79 Å². The molecule has 0 saturated carbocycles. The summed E-state index contributed by atoms with van der Waals surface area (Å²) in [5, 5.41) is 0. The number of nitrogen functional groups attached to an aromatic ring is 1. The topological polar surface area (TPSA) is 55.6 Å². The van der Waals surface area contributed by atoms with Crippen LogP contribution in [0.15, 0.2) is 18.2 Å². The minimum absolute atomic E-state index is 0.0171. The molecule has 0 aliphatic carbocycles. The molecule has 1 amide bonds. The third-order valence-electron chi connectivity index (χ3n) is 3.50. The molecule has 1 aromatic rings. The minimum atomic E-state index is -0.806. The lowest BCUT2D eigenvalue weighted by Crippen LogP contribution is -2.48. The summed E-state index contributed by atoms with van der Waals surface area (Å²) in [6, 6.07) is 5.76. The predicted molar refractivity (Wildman–Crippen MR) is 72.6 cm³/mol. The Hall–Kier alpha value is -1.55. The highest BCUT2D eigenvalue weighted by Gasteiger charge is 2.34. The molecule has 4 nitrogen and oxygen atoms in total. The van der Waals surface area contributed by atoms with E-state index < -0.39 is 5.60 Å². The SMILES string of the molecule is COC(C)(C)C(=O)N1CCCc2ccc(N)cc21. The zero-order valence-electron chi connectivity index (χ0n) is 11.2.